The van der Waals surface area contributed by atoms with E-state index in [0.29, 0.717) is 22.7 Å². The fourth-order valence-electron chi connectivity index (χ4n) is 2.81. The molecule has 9 nitrogen and oxygen atoms in total. The maximum absolute atomic E-state index is 12.4. The van der Waals surface area contributed by atoms with Crippen molar-refractivity contribution in [2.24, 2.45) is 0 Å². The quantitative estimate of drug-likeness (QED) is 0.306. The van der Waals surface area contributed by atoms with E-state index in [1.54, 1.807) is 7.11 Å². The number of nitrogens with zero attached hydrogens (tertiary/aromatic N) is 4. The molecule has 0 aliphatic rings. The molecule has 11 heteroatoms. The minimum atomic E-state index is -0.205. The number of hydrogen-bond acceptors (Lipinski definition) is 9. The van der Waals surface area contributed by atoms with Crippen LogP contribution in [0.3, 0.4) is 0 Å². The summed E-state index contributed by atoms with van der Waals surface area (Å²) in [5.74, 6) is 8.06. The first-order valence-corrected chi connectivity index (χ1v) is 11.2. The summed E-state index contributed by atoms with van der Waals surface area (Å²) in [5.41, 5.74) is 1.61. The average molecular weight is 457 g/mol. The van der Waals surface area contributed by atoms with Crippen molar-refractivity contribution in [3.63, 3.8) is 0 Å². The Hall–Kier alpha value is -3.31. The van der Waals surface area contributed by atoms with Gasteiger partial charge in [0.2, 0.25) is 11.1 Å². The number of hydrogen-bond donors (Lipinski definition) is 2. The van der Waals surface area contributed by atoms with Crippen LogP contribution >= 0.6 is 23.1 Å². The Morgan fingerprint density at radius 2 is 1.97 bits per heavy atom. The number of nitrogens with two attached hydrogens (primary N) is 1. The molecule has 2 aromatic carbocycles. The molecule has 0 spiro atoms. The fourth-order valence-corrected chi connectivity index (χ4v) is 4.38. The van der Waals surface area contributed by atoms with Crippen molar-refractivity contribution in [3.8, 4) is 22.9 Å². The minimum absolute atomic E-state index is 0.123. The highest BCUT2D eigenvalue weighted by Crippen LogP contribution is 2.30. The van der Waals surface area contributed by atoms with E-state index in [1.165, 1.54) is 27.8 Å². The van der Waals surface area contributed by atoms with Crippen molar-refractivity contribution in [2.45, 2.75) is 12.1 Å². The molecule has 0 radical (unpaired) electrons. The highest BCUT2D eigenvalue weighted by Gasteiger charge is 2.15. The second kappa shape index (κ2) is 9.23. The third-order valence-electron chi connectivity index (χ3n) is 4.26. The highest BCUT2D eigenvalue weighted by atomic mass is 32.2. The van der Waals surface area contributed by atoms with Gasteiger partial charge in [-0.2, -0.15) is 0 Å². The van der Waals surface area contributed by atoms with Gasteiger partial charge in [0.15, 0.2) is 11.0 Å². The predicted octanol–water partition coefficient (Wildman–Crippen LogP) is 3.41. The molecule has 0 fully saturated rings. The Balaban J connectivity index is 1.38. The van der Waals surface area contributed by atoms with Crippen LogP contribution < -0.4 is 20.6 Å². The lowest BCUT2D eigenvalue weighted by molar-refractivity contribution is -0.113. The Kier molecular flexibility index (Phi) is 6.23. The molecule has 2 aromatic heterocycles. The van der Waals surface area contributed by atoms with Gasteiger partial charge in [0.05, 0.1) is 29.7 Å². The number of amides is 1. The third-order valence-corrected chi connectivity index (χ3v) is 6.14. The molecule has 0 saturated carbocycles. The predicted molar refractivity (Wildman–Crippen MR) is 122 cm³/mol. The van der Waals surface area contributed by atoms with Gasteiger partial charge in [0.25, 0.3) is 0 Å². The van der Waals surface area contributed by atoms with Crippen molar-refractivity contribution in [1.29, 1.82) is 0 Å². The molecule has 2 heterocycles. The molecule has 0 aliphatic carbocycles. The maximum Gasteiger partial charge on any atom is 0.236 e. The van der Waals surface area contributed by atoms with Gasteiger partial charge in [-0.25, -0.2) is 9.66 Å². The first-order chi connectivity index (χ1) is 15.1. The number of ether oxygens (including phenoxy) is 2. The lowest BCUT2D eigenvalue weighted by Crippen LogP contribution is -2.16. The van der Waals surface area contributed by atoms with Crippen LogP contribution in [-0.4, -0.2) is 45.2 Å². The molecule has 160 valence electrons. The highest BCUT2D eigenvalue weighted by molar-refractivity contribution is 7.99. The lowest BCUT2D eigenvalue weighted by Gasteiger charge is -2.05. The number of rotatable bonds is 8. The van der Waals surface area contributed by atoms with Gasteiger partial charge >= 0.3 is 0 Å². The van der Waals surface area contributed by atoms with Crippen molar-refractivity contribution < 1.29 is 14.3 Å². The van der Waals surface area contributed by atoms with Crippen molar-refractivity contribution in [2.75, 3.05) is 30.6 Å². The smallest absolute Gasteiger partial charge is 0.236 e. The Bertz CT molecular complexity index is 1210. The summed E-state index contributed by atoms with van der Waals surface area (Å²) in [6.07, 6.45) is 0. The summed E-state index contributed by atoms with van der Waals surface area (Å²) in [7, 11) is 1.60. The second-order valence-electron chi connectivity index (χ2n) is 6.32. The number of nitrogen functional groups attached to an aromatic ring is 1. The second-order valence-corrected chi connectivity index (χ2v) is 8.30. The first kappa shape index (κ1) is 20.9. The number of aromatic nitrogens is 4. The Morgan fingerprint density at radius 3 is 2.71 bits per heavy atom. The van der Waals surface area contributed by atoms with Gasteiger partial charge in [-0.3, -0.25) is 4.79 Å². The van der Waals surface area contributed by atoms with Crippen LogP contribution in [-0.2, 0) is 4.79 Å². The zero-order valence-corrected chi connectivity index (χ0v) is 18.5. The molecule has 31 heavy (non-hydrogen) atoms. The number of carbonyl (C=O) groups is 1. The number of thioether (sulfide) groups is 1. The average Bonchev–Trinajstić information content (AvgIpc) is 3.34. The molecule has 3 N–H and O–H groups in total. The first-order valence-electron chi connectivity index (χ1n) is 9.38. The number of nitrogens with one attached hydrogen (secondary N) is 1. The van der Waals surface area contributed by atoms with Crippen LogP contribution in [0.4, 0.5) is 5.13 Å². The van der Waals surface area contributed by atoms with Crippen LogP contribution in [0.1, 0.15) is 6.92 Å². The van der Waals surface area contributed by atoms with Gasteiger partial charge in [0.1, 0.15) is 11.5 Å². The van der Waals surface area contributed by atoms with Gasteiger partial charge in [-0.1, -0.05) is 23.1 Å². The number of thiazole rings is 1. The van der Waals surface area contributed by atoms with Crippen LogP contribution in [0, 0.1) is 0 Å². The van der Waals surface area contributed by atoms with E-state index in [2.05, 4.69) is 20.5 Å². The third kappa shape index (κ3) is 4.72. The van der Waals surface area contributed by atoms with E-state index < -0.39 is 0 Å². The summed E-state index contributed by atoms with van der Waals surface area (Å²) >= 11 is 2.59. The molecular formula is C20H20N6O3S2. The number of anilines is 1. The van der Waals surface area contributed by atoms with Gasteiger partial charge in [-0.15, -0.1) is 10.2 Å². The lowest BCUT2D eigenvalue weighted by atomic mass is 10.2. The molecule has 0 aliphatic heterocycles. The summed E-state index contributed by atoms with van der Waals surface area (Å²) in [5, 5.41) is 12.0. The molecular weight excluding hydrogens is 436 g/mol. The Morgan fingerprint density at radius 1 is 1.19 bits per heavy atom. The van der Waals surface area contributed by atoms with Crippen molar-refractivity contribution in [3.05, 3.63) is 42.5 Å². The zero-order valence-electron chi connectivity index (χ0n) is 16.9. The number of benzene rings is 2. The molecule has 0 saturated heterocycles. The number of carbonyl (C=O) groups excluding carboxylic acids is 1. The van der Waals surface area contributed by atoms with Crippen LogP contribution in [0.5, 0.6) is 11.5 Å². The van der Waals surface area contributed by atoms with Crippen LogP contribution in [0.15, 0.2) is 47.6 Å². The standard InChI is InChI=1S/C20H20N6O3S2/c1-3-29-14-8-9-15-16(10-14)31-19(22-15)23-17(27)11-30-20-25-24-18(26(20)21)12-4-6-13(28-2)7-5-12/h4-10H,3,11,21H2,1-2H3,(H,22,23,27). The summed E-state index contributed by atoms with van der Waals surface area (Å²) in [6, 6.07) is 13.0. The fraction of sp³-hybridized carbons (Fsp3) is 0.200. The SMILES string of the molecule is CCOc1ccc2nc(NC(=O)CSc3nnc(-c4ccc(OC)cc4)n3N)sc2c1. The molecule has 0 atom stereocenters. The van der Waals surface area contributed by atoms with E-state index >= 15 is 0 Å². The Labute approximate surface area is 186 Å². The summed E-state index contributed by atoms with van der Waals surface area (Å²) < 4.78 is 13.0. The molecule has 4 aromatic rings. The monoisotopic (exact) mass is 456 g/mol. The van der Waals surface area contributed by atoms with E-state index in [4.69, 9.17) is 15.3 Å². The number of methoxy groups -OCH3 is 1. The largest absolute Gasteiger partial charge is 0.497 e. The molecule has 4 rings (SSSR count). The van der Waals surface area contributed by atoms with Crippen LogP contribution in [0.2, 0.25) is 0 Å². The summed E-state index contributed by atoms with van der Waals surface area (Å²) in [6.45, 7) is 2.53. The van der Waals surface area contributed by atoms with E-state index in [0.717, 1.165) is 27.3 Å². The van der Waals surface area contributed by atoms with Crippen LogP contribution in [0.25, 0.3) is 21.6 Å². The molecule has 1 amide bonds. The van der Waals surface area contributed by atoms with E-state index in [-0.39, 0.29) is 11.7 Å². The van der Waals surface area contributed by atoms with Crippen molar-refractivity contribution >= 4 is 44.4 Å². The summed E-state index contributed by atoms with van der Waals surface area (Å²) in [4.78, 5) is 16.8. The molecule has 0 bridgehead atoms. The maximum atomic E-state index is 12.4. The molecule has 0 unspecified atom stereocenters. The number of fused-ring (bicyclic) bond motifs is 1. The van der Waals surface area contributed by atoms with Gasteiger partial charge < -0.3 is 20.6 Å². The zero-order chi connectivity index (χ0) is 21.8. The topological polar surface area (TPSA) is 117 Å². The van der Waals surface area contributed by atoms with Gasteiger partial charge in [-0.05, 0) is 49.4 Å². The van der Waals surface area contributed by atoms with Gasteiger partial charge in [0, 0.05) is 5.56 Å². The normalized spacial score (nSPS) is 10.9. The minimum Gasteiger partial charge on any atom is -0.497 e. The van der Waals surface area contributed by atoms with Crippen molar-refractivity contribution in [1.82, 2.24) is 19.9 Å². The van der Waals surface area contributed by atoms with E-state index in [9.17, 15) is 4.79 Å². The van der Waals surface area contributed by atoms with E-state index in [1.807, 2.05) is 49.4 Å².